The lowest BCUT2D eigenvalue weighted by atomic mass is 9.90. The molecule has 2 amide bonds. The summed E-state index contributed by atoms with van der Waals surface area (Å²) in [5.41, 5.74) is 1.67. The molecule has 0 aromatic heterocycles. The highest BCUT2D eigenvalue weighted by atomic mass is 19.4. The lowest BCUT2D eigenvalue weighted by Gasteiger charge is -2.31. The summed E-state index contributed by atoms with van der Waals surface area (Å²) in [5, 5.41) is 6.42. The molecule has 9 heteroatoms. The average molecular weight is 607 g/mol. The molecule has 2 heterocycles. The van der Waals surface area contributed by atoms with Crippen molar-refractivity contribution in [1.82, 2.24) is 20.4 Å². The lowest BCUT2D eigenvalue weighted by molar-refractivity contribution is -0.137. The Hall–Kier alpha value is -3.69. The SMILES string of the molecule is O=C(NCC1CCN(CC(c2ccccc2)c2ccccc2)C(=O)C(CCN2CCCCC2)N1)c1ccc(C(F)(F)F)cc1. The van der Waals surface area contributed by atoms with Gasteiger partial charge in [0.1, 0.15) is 0 Å². The van der Waals surface area contributed by atoms with Crippen molar-refractivity contribution in [1.29, 1.82) is 0 Å². The summed E-state index contributed by atoms with van der Waals surface area (Å²) in [6.07, 6.45) is 0.432. The van der Waals surface area contributed by atoms with E-state index in [9.17, 15) is 22.8 Å². The smallest absolute Gasteiger partial charge is 0.350 e. The second-order valence-electron chi connectivity index (χ2n) is 11.8. The van der Waals surface area contributed by atoms with Crippen molar-refractivity contribution < 1.29 is 22.8 Å². The number of piperidine rings is 1. The third kappa shape index (κ3) is 8.48. The van der Waals surface area contributed by atoms with Crippen LogP contribution in [0.4, 0.5) is 13.2 Å². The monoisotopic (exact) mass is 606 g/mol. The molecule has 2 fully saturated rings. The number of alkyl halides is 3. The summed E-state index contributed by atoms with van der Waals surface area (Å²) in [6, 6.07) is 24.1. The van der Waals surface area contributed by atoms with Crippen LogP contribution in [0.5, 0.6) is 0 Å². The molecule has 2 aliphatic rings. The van der Waals surface area contributed by atoms with Crippen molar-refractivity contribution in [2.45, 2.75) is 56.3 Å². The van der Waals surface area contributed by atoms with E-state index in [-0.39, 0.29) is 30.0 Å². The Labute approximate surface area is 257 Å². The van der Waals surface area contributed by atoms with Gasteiger partial charge in [-0.05, 0) is 74.2 Å². The zero-order valence-electron chi connectivity index (χ0n) is 24.9. The van der Waals surface area contributed by atoms with Gasteiger partial charge in [0.05, 0.1) is 11.6 Å². The minimum absolute atomic E-state index is 0.0139. The van der Waals surface area contributed by atoms with Crippen LogP contribution in [-0.4, -0.2) is 73.0 Å². The maximum Gasteiger partial charge on any atom is 0.416 e. The highest BCUT2D eigenvalue weighted by Gasteiger charge is 2.33. The number of benzene rings is 3. The fourth-order valence-electron chi connectivity index (χ4n) is 6.25. The standard InChI is InChI=1S/C35H41F3N4O2/c36-35(37,38)29-16-14-28(15-17-29)33(43)39-24-30-18-23-42(34(44)32(40-30)19-22-41-20-8-3-9-21-41)25-31(26-10-4-1-5-11-26)27-12-6-2-7-13-27/h1-2,4-7,10-17,30-32,40H,3,8-9,18-25H2,(H,39,43). The first kappa shape index (κ1) is 31.7. The minimum Gasteiger partial charge on any atom is -0.350 e. The number of hydrogen-bond acceptors (Lipinski definition) is 4. The van der Waals surface area contributed by atoms with Gasteiger partial charge in [0.2, 0.25) is 5.91 Å². The first-order chi connectivity index (χ1) is 21.3. The molecule has 0 radical (unpaired) electrons. The van der Waals surface area contributed by atoms with Crippen LogP contribution in [0.2, 0.25) is 0 Å². The number of halogens is 3. The number of nitrogens with zero attached hydrogens (tertiary/aromatic N) is 2. The van der Waals surface area contributed by atoms with Gasteiger partial charge >= 0.3 is 6.18 Å². The lowest BCUT2D eigenvalue weighted by Crippen LogP contribution is -2.50. The van der Waals surface area contributed by atoms with Crippen molar-refractivity contribution >= 4 is 11.8 Å². The maximum absolute atomic E-state index is 14.1. The predicted octanol–water partition coefficient (Wildman–Crippen LogP) is 5.70. The summed E-state index contributed by atoms with van der Waals surface area (Å²) in [7, 11) is 0. The van der Waals surface area contributed by atoms with Crippen LogP contribution in [0.3, 0.4) is 0 Å². The minimum atomic E-state index is -4.46. The number of carbonyl (C=O) groups excluding carboxylic acids is 2. The van der Waals surface area contributed by atoms with Gasteiger partial charge in [0.25, 0.3) is 5.91 Å². The molecule has 0 spiro atoms. The molecule has 3 aromatic carbocycles. The first-order valence-corrected chi connectivity index (χ1v) is 15.6. The van der Waals surface area contributed by atoms with Gasteiger partial charge in [-0.3, -0.25) is 9.59 Å². The number of rotatable bonds is 10. The normalized spacial score (nSPS) is 20.0. The highest BCUT2D eigenvalue weighted by molar-refractivity contribution is 5.94. The van der Waals surface area contributed by atoms with Gasteiger partial charge < -0.3 is 20.4 Å². The van der Waals surface area contributed by atoms with Crippen LogP contribution >= 0.6 is 0 Å². The van der Waals surface area contributed by atoms with Crippen LogP contribution in [0, 0.1) is 0 Å². The van der Waals surface area contributed by atoms with Crippen LogP contribution in [-0.2, 0) is 11.0 Å². The number of likely N-dealkylation sites (tertiary alicyclic amines) is 1. The third-order valence-electron chi connectivity index (χ3n) is 8.77. The molecule has 3 aromatic rings. The molecule has 2 atom stereocenters. The van der Waals surface area contributed by atoms with E-state index in [1.54, 1.807) is 0 Å². The van der Waals surface area contributed by atoms with E-state index in [4.69, 9.17) is 0 Å². The van der Waals surface area contributed by atoms with E-state index in [0.717, 1.165) is 42.9 Å². The average Bonchev–Trinajstić information content (AvgIpc) is 3.20. The number of hydrogen-bond donors (Lipinski definition) is 2. The molecule has 44 heavy (non-hydrogen) atoms. The molecular formula is C35H41F3N4O2. The zero-order valence-corrected chi connectivity index (χ0v) is 24.9. The Morgan fingerprint density at radius 2 is 1.48 bits per heavy atom. The van der Waals surface area contributed by atoms with Gasteiger partial charge in [-0.1, -0.05) is 67.1 Å². The van der Waals surface area contributed by atoms with Gasteiger partial charge in [-0.25, -0.2) is 0 Å². The molecule has 0 aliphatic carbocycles. The van der Waals surface area contributed by atoms with Crippen molar-refractivity contribution in [3.8, 4) is 0 Å². The second kappa shape index (κ2) is 14.9. The summed E-state index contributed by atoms with van der Waals surface area (Å²) >= 11 is 0. The Morgan fingerprint density at radius 1 is 0.864 bits per heavy atom. The summed E-state index contributed by atoms with van der Waals surface area (Å²) < 4.78 is 38.9. The van der Waals surface area contributed by atoms with Crippen LogP contribution in [0.15, 0.2) is 84.9 Å². The van der Waals surface area contributed by atoms with Crippen molar-refractivity contribution in [2.75, 3.05) is 39.3 Å². The van der Waals surface area contributed by atoms with Gasteiger partial charge in [-0.15, -0.1) is 0 Å². The first-order valence-electron chi connectivity index (χ1n) is 15.6. The maximum atomic E-state index is 14.1. The quantitative estimate of drug-likeness (QED) is 0.311. The summed E-state index contributed by atoms with van der Waals surface area (Å²) in [5.74, 6) is -0.360. The van der Waals surface area contributed by atoms with E-state index in [1.807, 2.05) is 41.3 Å². The fourth-order valence-corrected chi connectivity index (χ4v) is 6.25. The van der Waals surface area contributed by atoms with Gasteiger partial charge in [0.15, 0.2) is 0 Å². The largest absolute Gasteiger partial charge is 0.416 e. The van der Waals surface area contributed by atoms with E-state index in [2.05, 4.69) is 39.8 Å². The molecule has 2 unspecified atom stereocenters. The Morgan fingerprint density at radius 3 is 2.07 bits per heavy atom. The van der Waals surface area contributed by atoms with Crippen molar-refractivity contribution in [3.05, 3.63) is 107 Å². The third-order valence-corrected chi connectivity index (χ3v) is 8.77. The molecule has 2 saturated heterocycles. The summed E-state index contributed by atoms with van der Waals surface area (Å²) in [4.78, 5) is 31.3. The number of amides is 2. The molecule has 2 N–H and O–H groups in total. The highest BCUT2D eigenvalue weighted by Crippen LogP contribution is 2.29. The van der Waals surface area contributed by atoms with E-state index in [0.29, 0.717) is 25.9 Å². The Kier molecular flexibility index (Phi) is 10.7. The number of carbonyl (C=O) groups is 2. The zero-order chi connectivity index (χ0) is 30.9. The van der Waals surface area contributed by atoms with E-state index in [1.165, 1.54) is 31.4 Å². The van der Waals surface area contributed by atoms with E-state index >= 15 is 0 Å². The van der Waals surface area contributed by atoms with Gasteiger partial charge in [0, 0.05) is 43.7 Å². The Balaban J connectivity index is 1.30. The molecular weight excluding hydrogens is 565 g/mol. The van der Waals surface area contributed by atoms with Crippen LogP contribution in [0.25, 0.3) is 0 Å². The van der Waals surface area contributed by atoms with Crippen molar-refractivity contribution in [2.24, 2.45) is 0 Å². The predicted molar refractivity (Wildman–Crippen MR) is 165 cm³/mol. The molecule has 0 saturated carbocycles. The van der Waals surface area contributed by atoms with Crippen molar-refractivity contribution in [3.63, 3.8) is 0 Å². The van der Waals surface area contributed by atoms with E-state index < -0.39 is 23.7 Å². The number of nitrogens with one attached hydrogen (secondary N) is 2. The van der Waals surface area contributed by atoms with Crippen LogP contribution < -0.4 is 10.6 Å². The molecule has 5 rings (SSSR count). The summed E-state index contributed by atoms with van der Waals surface area (Å²) in [6.45, 7) is 4.25. The molecule has 2 aliphatic heterocycles. The Bertz CT molecular complexity index is 1310. The molecule has 0 bridgehead atoms. The molecule has 6 nitrogen and oxygen atoms in total. The van der Waals surface area contributed by atoms with Gasteiger partial charge in [-0.2, -0.15) is 13.2 Å². The van der Waals surface area contributed by atoms with Crippen LogP contribution in [0.1, 0.15) is 65.1 Å². The fraction of sp³-hybridized carbons (Fsp3) is 0.429. The molecule has 234 valence electrons. The second-order valence-corrected chi connectivity index (χ2v) is 11.8. The topological polar surface area (TPSA) is 64.7 Å².